The molecule has 0 fully saturated rings. The highest BCUT2D eigenvalue weighted by molar-refractivity contribution is 4.83. The summed E-state index contributed by atoms with van der Waals surface area (Å²) in [6.45, 7) is 2.15. The number of azide groups is 1. The molecule has 82 valence electrons. The first kappa shape index (κ1) is 13.4. The summed E-state index contributed by atoms with van der Waals surface area (Å²) < 4.78 is 16.2. The number of rotatable bonds is 6. The average molecular weight is 210 g/mol. The van der Waals surface area contributed by atoms with Crippen LogP contribution in [0, 0.1) is 24.7 Å². The maximum absolute atomic E-state index is 7.57. The van der Waals surface area contributed by atoms with Crippen LogP contribution in [-0.4, -0.2) is 33.0 Å². The van der Waals surface area contributed by atoms with Crippen LogP contribution in [0.2, 0.25) is 0 Å². The molecule has 0 unspecified atom stereocenters. The molecule has 15 heavy (non-hydrogen) atoms. The van der Waals surface area contributed by atoms with Crippen molar-refractivity contribution in [2.45, 2.75) is 6.90 Å². The molecule has 0 aromatic carbocycles. The Labute approximate surface area is 91.8 Å². The largest absolute Gasteiger partial charge is 0.366 e. The van der Waals surface area contributed by atoms with Crippen molar-refractivity contribution >= 4 is 0 Å². The summed E-state index contributed by atoms with van der Waals surface area (Å²) in [5.41, 5.74) is 7.57. The van der Waals surface area contributed by atoms with Gasteiger partial charge in [0.15, 0.2) is 0 Å². The third kappa shape index (κ3) is 24.5. The molecular weight excluding hydrogens is 194 g/mol. The maximum Gasteiger partial charge on any atom is 0.107 e. The number of hydrogen-bond donors (Lipinski definition) is 0. The number of hydrogen-bond acceptors (Lipinski definition) is 3. The van der Waals surface area contributed by atoms with Gasteiger partial charge in [-0.1, -0.05) is 23.9 Å². The van der Waals surface area contributed by atoms with E-state index in [4.69, 9.17) is 29.2 Å². The van der Waals surface area contributed by atoms with Gasteiger partial charge in [-0.3, -0.25) is 0 Å². The van der Waals surface area contributed by atoms with Crippen molar-refractivity contribution in [3.63, 3.8) is 0 Å². The molecular formula is C10H15N3O2. The summed E-state index contributed by atoms with van der Waals surface area (Å²) >= 11 is 0. The lowest BCUT2D eigenvalue weighted by molar-refractivity contribution is 0.0750. The zero-order valence-corrected chi connectivity index (χ0v) is 8.56. The number of terminal acetylenes is 2. The fraction of sp³-hybridized carbons (Fsp3) is 0.600. The fourth-order valence-electron chi connectivity index (χ4n) is 0.425. The van der Waals surface area contributed by atoms with Crippen LogP contribution >= 0.6 is 0 Å². The van der Waals surface area contributed by atoms with Gasteiger partial charge >= 0.3 is 0 Å². The van der Waals surface area contributed by atoms with E-state index >= 15 is 0 Å². The summed E-state index contributed by atoms with van der Waals surface area (Å²) in [7, 11) is 0. The normalized spacial score (nSPS) is 8.27. The third-order valence-electron chi connectivity index (χ3n) is 0.906. The van der Waals surface area contributed by atoms with Crippen LogP contribution in [0.15, 0.2) is 5.11 Å². The number of nitrogens with zero attached hydrogens (tertiary/aromatic N) is 3. The Morgan fingerprint density at radius 2 is 1.87 bits per heavy atom. The van der Waals surface area contributed by atoms with E-state index in [2.05, 4.69) is 21.9 Å². The van der Waals surface area contributed by atoms with Gasteiger partial charge in [0.1, 0.15) is 13.2 Å². The SMILES string of the molecule is C#CCOCCOCC#C.[2H]CCN=[N+]=[N-]. The van der Waals surface area contributed by atoms with Crippen molar-refractivity contribution in [2.75, 3.05) is 33.0 Å². The van der Waals surface area contributed by atoms with E-state index in [1.807, 2.05) is 0 Å². The topological polar surface area (TPSA) is 67.2 Å². The Morgan fingerprint density at radius 3 is 2.13 bits per heavy atom. The number of ether oxygens (including phenoxy) is 2. The van der Waals surface area contributed by atoms with E-state index in [-0.39, 0.29) is 13.4 Å². The molecule has 0 aliphatic carbocycles. The van der Waals surface area contributed by atoms with Crippen molar-refractivity contribution in [2.24, 2.45) is 5.11 Å². The van der Waals surface area contributed by atoms with Crippen LogP contribution in [0.25, 0.3) is 10.4 Å². The van der Waals surface area contributed by atoms with E-state index in [1.165, 1.54) is 0 Å². The van der Waals surface area contributed by atoms with Crippen LogP contribution in [0.3, 0.4) is 0 Å². The van der Waals surface area contributed by atoms with Crippen LogP contribution in [0.1, 0.15) is 8.27 Å². The minimum Gasteiger partial charge on any atom is -0.366 e. The van der Waals surface area contributed by atoms with Gasteiger partial charge in [0.25, 0.3) is 0 Å². The minimum atomic E-state index is 0.185. The van der Waals surface area contributed by atoms with Gasteiger partial charge in [-0.15, -0.1) is 12.8 Å². The first-order valence-corrected chi connectivity index (χ1v) is 4.16. The Kier molecular flexibility index (Phi) is 16.2. The molecule has 0 heterocycles. The molecule has 0 radical (unpaired) electrons. The van der Waals surface area contributed by atoms with Crippen molar-refractivity contribution in [3.8, 4) is 24.7 Å². The second-order valence-electron chi connectivity index (χ2n) is 1.97. The van der Waals surface area contributed by atoms with Crippen LogP contribution < -0.4 is 0 Å². The summed E-state index contributed by atoms with van der Waals surface area (Å²) in [4.78, 5) is 2.43. The van der Waals surface area contributed by atoms with E-state index in [0.717, 1.165) is 0 Å². The summed E-state index contributed by atoms with van der Waals surface area (Å²) in [6.07, 6.45) is 9.84. The first-order chi connectivity index (χ1) is 7.83. The molecule has 0 aromatic rings. The molecule has 0 amide bonds. The predicted molar refractivity (Wildman–Crippen MR) is 59.0 cm³/mol. The van der Waals surface area contributed by atoms with Crippen molar-refractivity contribution < 1.29 is 10.8 Å². The van der Waals surface area contributed by atoms with Gasteiger partial charge in [-0.05, 0) is 5.53 Å². The van der Waals surface area contributed by atoms with Crippen LogP contribution in [0.5, 0.6) is 0 Å². The van der Waals surface area contributed by atoms with Gasteiger partial charge < -0.3 is 9.47 Å². The molecule has 0 aliphatic heterocycles. The molecule has 0 saturated carbocycles. The highest BCUT2D eigenvalue weighted by Gasteiger charge is 1.83. The molecule has 0 bridgehead atoms. The third-order valence-corrected chi connectivity index (χ3v) is 0.906. The predicted octanol–water partition coefficient (Wildman–Crippen LogP) is 1.60. The molecule has 0 rings (SSSR count). The second kappa shape index (κ2) is 18.2. The smallest absolute Gasteiger partial charge is 0.107 e. The van der Waals surface area contributed by atoms with Crippen molar-refractivity contribution in [1.29, 1.82) is 0 Å². The molecule has 0 aromatic heterocycles. The Bertz CT molecular complexity index is 246. The zero-order chi connectivity index (χ0) is 12.5. The summed E-state index contributed by atoms with van der Waals surface area (Å²) in [6, 6.07) is 0. The summed E-state index contributed by atoms with van der Waals surface area (Å²) in [5, 5.41) is 3.08. The first-order valence-electron chi connectivity index (χ1n) is 4.86. The average Bonchev–Trinajstić information content (AvgIpc) is 2.32. The standard InChI is InChI=1S/C8H10O2.C2H5N3/c1-3-5-9-7-8-10-6-4-2;1-2-4-5-3/h1-2H,5-8H2;2H2,1H3/i;1D. The second-order valence-corrected chi connectivity index (χ2v) is 1.97. The highest BCUT2D eigenvalue weighted by atomic mass is 16.5. The van der Waals surface area contributed by atoms with E-state index in [0.29, 0.717) is 26.4 Å². The van der Waals surface area contributed by atoms with Gasteiger partial charge in [-0.25, -0.2) is 0 Å². The Balaban J connectivity index is 0. The Morgan fingerprint density at radius 1 is 1.33 bits per heavy atom. The van der Waals surface area contributed by atoms with Gasteiger partial charge in [0.05, 0.1) is 13.2 Å². The summed E-state index contributed by atoms with van der Waals surface area (Å²) in [5.74, 6) is 4.68. The highest BCUT2D eigenvalue weighted by Crippen LogP contribution is 1.75. The molecule has 5 nitrogen and oxygen atoms in total. The monoisotopic (exact) mass is 210 g/mol. The van der Waals surface area contributed by atoms with E-state index in [1.54, 1.807) is 0 Å². The lowest BCUT2D eigenvalue weighted by atomic mass is 10.7. The molecule has 5 heteroatoms. The van der Waals surface area contributed by atoms with Crippen molar-refractivity contribution in [1.82, 2.24) is 0 Å². The lowest BCUT2D eigenvalue weighted by Gasteiger charge is -1.98. The van der Waals surface area contributed by atoms with Gasteiger partial charge in [-0.2, -0.15) is 0 Å². The minimum absolute atomic E-state index is 0.185. The molecule has 0 N–H and O–H groups in total. The molecule has 0 spiro atoms. The van der Waals surface area contributed by atoms with Crippen LogP contribution in [0.4, 0.5) is 0 Å². The molecule has 0 aliphatic rings. The Hall–Kier alpha value is -1.65. The lowest BCUT2D eigenvalue weighted by Crippen LogP contribution is -2.04. The van der Waals surface area contributed by atoms with Crippen molar-refractivity contribution in [3.05, 3.63) is 10.4 Å². The van der Waals surface area contributed by atoms with Gasteiger partial charge in [0.2, 0.25) is 0 Å². The quantitative estimate of drug-likeness (QED) is 0.220. The van der Waals surface area contributed by atoms with E-state index < -0.39 is 0 Å². The molecule has 0 saturated heterocycles. The van der Waals surface area contributed by atoms with Crippen LogP contribution in [-0.2, 0) is 9.47 Å². The van der Waals surface area contributed by atoms with Gasteiger partial charge in [0, 0.05) is 12.8 Å². The maximum atomic E-state index is 7.57. The fourth-order valence-corrected chi connectivity index (χ4v) is 0.425. The van der Waals surface area contributed by atoms with E-state index in [9.17, 15) is 0 Å². The molecule has 0 atom stereocenters. The zero-order valence-electron chi connectivity index (χ0n) is 9.56.